The Morgan fingerprint density at radius 2 is 1.94 bits per heavy atom. The van der Waals surface area contributed by atoms with Crippen molar-refractivity contribution in [2.45, 2.75) is 13.8 Å². The summed E-state index contributed by atoms with van der Waals surface area (Å²) in [5, 5.41) is 0. The number of rotatable bonds is 7. The average molecular weight is 259 g/mol. The third-order valence-corrected chi connectivity index (χ3v) is 2.61. The van der Waals surface area contributed by atoms with Gasteiger partial charge in [-0.15, -0.1) is 12.4 Å². The van der Waals surface area contributed by atoms with Gasteiger partial charge in [-0.1, -0.05) is 18.2 Å². The number of nitrogens with zero attached hydrogens (tertiary/aromatic N) is 1. The summed E-state index contributed by atoms with van der Waals surface area (Å²) < 4.78 is 5.41. The second-order valence-corrected chi connectivity index (χ2v) is 3.77. The van der Waals surface area contributed by atoms with E-state index in [2.05, 4.69) is 43.0 Å². The van der Waals surface area contributed by atoms with E-state index in [0.717, 1.165) is 19.7 Å². The van der Waals surface area contributed by atoms with Gasteiger partial charge in [-0.2, -0.15) is 0 Å². The topological polar surface area (TPSA) is 38.5 Å². The van der Waals surface area contributed by atoms with Crippen LogP contribution >= 0.6 is 12.4 Å². The molecule has 17 heavy (non-hydrogen) atoms. The maximum absolute atomic E-state index is 5.41. The van der Waals surface area contributed by atoms with Crippen molar-refractivity contribution in [2.24, 2.45) is 5.73 Å². The molecule has 0 saturated heterocycles. The highest BCUT2D eigenvalue weighted by Gasteiger charge is 2.05. The second-order valence-electron chi connectivity index (χ2n) is 3.77. The van der Waals surface area contributed by atoms with Crippen molar-refractivity contribution in [3.05, 3.63) is 29.8 Å². The first-order valence-electron chi connectivity index (χ1n) is 5.88. The quantitative estimate of drug-likeness (QED) is 0.763. The number of hydrogen-bond donors (Lipinski definition) is 1. The van der Waals surface area contributed by atoms with Gasteiger partial charge < -0.3 is 15.4 Å². The summed E-state index contributed by atoms with van der Waals surface area (Å²) in [6.07, 6.45) is 0. The number of aryl methyl sites for hydroxylation is 1. The molecule has 0 unspecified atom stereocenters. The summed E-state index contributed by atoms with van der Waals surface area (Å²) in [7, 11) is 0. The van der Waals surface area contributed by atoms with Crippen molar-refractivity contribution in [3.63, 3.8) is 0 Å². The predicted octanol–water partition coefficient (Wildman–Crippen LogP) is 2.22. The molecule has 0 aliphatic heterocycles. The molecule has 0 radical (unpaired) electrons. The molecule has 1 aromatic carbocycles. The number of halogens is 1. The Balaban J connectivity index is 0.00000256. The lowest BCUT2D eigenvalue weighted by Crippen LogP contribution is -2.28. The van der Waals surface area contributed by atoms with Gasteiger partial charge in [0.25, 0.3) is 0 Å². The zero-order chi connectivity index (χ0) is 11.8. The molecule has 0 fully saturated rings. The van der Waals surface area contributed by atoms with Crippen LogP contribution in [0.4, 0.5) is 5.69 Å². The normalized spacial score (nSPS) is 9.82. The molecule has 0 saturated carbocycles. The number of benzene rings is 1. The Morgan fingerprint density at radius 3 is 2.53 bits per heavy atom. The van der Waals surface area contributed by atoms with Crippen LogP contribution in [-0.4, -0.2) is 32.8 Å². The minimum atomic E-state index is 0. The third kappa shape index (κ3) is 5.39. The molecular formula is C13H23ClN2O. The summed E-state index contributed by atoms with van der Waals surface area (Å²) in [6.45, 7) is 8.19. The van der Waals surface area contributed by atoms with Gasteiger partial charge in [-0.05, 0) is 25.5 Å². The zero-order valence-corrected chi connectivity index (χ0v) is 11.5. The highest BCUT2D eigenvalue weighted by molar-refractivity contribution is 5.85. The van der Waals surface area contributed by atoms with Gasteiger partial charge in [-0.25, -0.2) is 0 Å². The summed E-state index contributed by atoms with van der Waals surface area (Å²) in [4.78, 5) is 2.33. The smallest absolute Gasteiger partial charge is 0.0642 e. The Bertz CT molecular complexity index is 307. The van der Waals surface area contributed by atoms with Gasteiger partial charge in [0.1, 0.15) is 0 Å². The van der Waals surface area contributed by atoms with Crippen molar-refractivity contribution in [1.82, 2.24) is 0 Å². The Hall–Kier alpha value is -0.770. The van der Waals surface area contributed by atoms with Crippen LogP contribution in [0, 0.1) is 6.92 Å². The fraction of sp³-hybridized carbons (Fsp3) is 0.538. The highest BCUT2D eigenvalue weighted by atomic mass is 35.5. The third-order valence-electron chi connectivity index (χ3n) is 2.61. The van der Waals surface area contributed by atoms with E-state index in [1.54, 1.807) is 0 Å². The van der Waals surface area contributed by atoms with Gasteiger partial charge in [0.15, 0.2) is 0 Å². The maximum Gasteiger partial charge on any atom is 0.0642 e. The van der Waals surface area contributed by atoms with Crippen LogP contribution in [0.1, 0.15) is 12.5 Å². The van der Waals surface area contributed by atoms with Crippen molar-refractivity contribution in [3.8, 4) is 0 Å². The molecule has 0 aliphatic carbocycles. The molecule has 1 aromatic rings. The number of hydrogen-bond acceptors (Lipinski definition) is 3. The van der Waals surface area contributed by atoms with Crippen molar-refractivity contribution < 1.29 is 4.74 Å². The Kier molecular flexibility index (Phi) is 8.86. The first-order chi connectivity index (χ1) is 7.79. The molecule has 0 amide bonds. The van der Waals surface area contributed by atoms with Crippen LogP contribution in [0.3, 0.4) is 0 Å². The number of ether oxygens (including phenoxy) is 1. The Morgan fingerprint density at radius 1 is 1.24 bits per heavy atom. The fourth-order valence-corrected chi connectivity index (χ4v) is 1.73. The molecule has 98 valence electrons. The molecule has 0 aliphatic rings. The molecule has 3 nitrogen and oxygen atoms in total. The lowest BCUT2D eigenvalue weighted by atomic mass is 10.2. The Labute approximate surface area is 110 Å². The lowest BCUT2D eigenvalue weighted by molar-refractivity contribution is 0.148. The van der Waals surface area contributed by atoms with Crippen molar-refractivity contribution in [2.75, 3.05) is 37.7 Å². The van der Waals surface area contributed by atoms with E-state index in [0.29, 0.717) is 13.2 Å². The van der Waals surface area contributed by atoms with Gasteiger partial charge >= 0.3 is 0 Å². The largest absolute Gasteiger partial charge is 0.378 e. The van der Waals surface area contributed by atoms with Crippen LogP contribution in [0.15, 0.2) is 24.3 Å². The van der Waals surface area contributed by atoms with Crippen LogP contribution in [0.5, 0.6) is 0 Å². The number of anilines is 1. The summed E-state index contributed by atoms with van der Waals surface area (Å²) in [5.41, 5.74) is 7.98. The number of nitrogens with two attached hydrogens (primary N) is 1. The van der Waals surface area contributed by atoms with E-state index in [-0.39, 0.29) is 12.4 Å². The van der Waals surface area contributed by atoms with Crippen LogP contribution in [0.25, 0.3) is 0 Å². The minimum Gasteiger partial charge on any atom is -0.378 e. The molecule has 0 heterocycles. The average Bonchev–Trinajstić information content (AvgIpc) is 2.31. The highest BCUT2D eigenvalue weighted by Crippen LogP contribution is 2.18. The standard InChI is InChI=1S/C13H22N2O.ClH/c1-3-15(9-11-16-10-8-14)13-7-5-4-6-12(13)2;/h4-7H,3,8-11,14H2,1-2H3;1H. The molecule has 0 bridgehead atoms. The number of para-hydroxylation sites is 1. The fourth-order valence-electron chi connectivity index (χ4n) is 1.73. The molecular weight excluding hydrogens is 236 g/mol. The van der Waals surface area contributed by atoms with Gasteiger partial charge in [-0.3, -0.25) is 0 Å². The predicted molar refractivity (Wildman–Crippen MR) is 76.2 cm³/mol. The first kappa shape index (κ1) is 16.2. The van der Waals surface area contributed by atoms with Crippen LogP contribution in [-0.2, 0) is 4.74 Å². The van der Waals surface area contributed by atoms with Crippen molar-refractivity contribution in [1.29, 1.82) is 0 Å². The van der Waals surface area contributed by atoms with Gasteiger partial charge in [0, 0.05) is 25.3 Å². The van der Waals surface area contributed by atoms with E-state index in [4.69, 9.17) is 10.5 Å². The lowest BCUT2D eigenvalue weighted by Gasteiger charge is -2.24. The summed E-state index contributed by atoms with van der Waals surface area (Å²) in [5.74, 6) is 0. The van der Waals surface area contributed by atoms with Crippen molar-refractivity contribution >= 4 is 18.1 Å². The van der Waals surface area contributed by atoms with E-state index < -0.39 is 0 Å². The zero-order valence-electron chi connectivity index (χ0n) is 10.7. The molecule has 1 rings (SSSR count). The van der Waals surface area contributed by atoms with E-state index >= 15 is 0 Å². The SMILES string of the molecule is CCN(CCOCCN)c1ccccc1C.Cl. The van der Waals surface area contributed by atoms with Crippen LogP contribution in [0.2, 0.25) is 0 Å². The maximum atomic E-state index is 5.41. The number of likely N-dealkylation sites (N-methyl/N-ethyl adjacent to an activating group) is 1. The van der Waals surface area contributed by atoms with Gasteiger partial charge in [0.2, 0.25) is 0 Å². The molecule has 0 aromatic heterocycles. The monoisotopic (exact) mass is 258 g/mol. The first-order valence-corrected chi connectivity index (χ1v) is 5.88. The molecule has 2 N–H and O–H groups in total. The van der Waals surface area contributed by atoms with E-state index in [1.165, 1.54) is 11.3 Å². The summed E-state index contributed by atoms with van der Waals surface area (Å²) >= 11 is 0. The van der Waals surface area contributed by atoms with Gasteiger partial charge in [0.05, 0.1) is 13.2 Å². The molecule has 0 spiro atoms. The summed E-state index contributed by atoms with van der Waals surface area (Å²) in [6, 6.07) is 8.43. The molecule has 0 atom stereocenters. The second kappa shape index (κ2) is 9.28. The van der Waals surface area contributed by atoms with Crippen LogP contribution < -0.4 is 10.6 Å². The molecule has 4 heteroatoms. The van der Waals surface area contributed by atoms with E-state index in [9.17, 15) is 0 Å². The van der Waals surface area contributed by atoms with E-state index in [1.807, 2.05) is 0 Å². The minimum absolute atomic E-state index is 0.